The van der Waals surface area contributed by atoms with E-state index in [1.165, 1.54) is 19.1 Å². The molecule has 0 saturated heterocycles. The summed E-state index contributed by atoms with van der Waals surface area (Å²) in [6, 6.07) is 6.44. The monoisotopic (exact) mass is 283 g/mol. The molecule has 1 amide bonds. The third kappa shape index (κ3) is 4.36. The quantitative estimate of drug-likeness (QED) is 0.605. The van der Waals surface area contributed by atoms with Crippen LogP contribution < -0.4 is 11.5 Å². The summed E-state index contributed by atoms with van der Waals surface area (Å²) in [5.74, 6) is -2.14. The van der Waals surface area contributed by atoms with Gasteiger partial charge in [-0.1, -0.05) is 24.6 Å². The lowest BCUT2D eigenvalue weighted by atomic mass is 10.2. The molecule has 0 radical (unpaired) electrons. The Morgan fingerprint density at radius 2 is 1.79 bits per heavy atom. The van der Waals surface area contributed by atoms with Crippen molar-refractivity contribution in [2.24, 2.45) is 22.4 Å². The summed E-state index contributed by atoms with van der Waals surface area (Å²) in [6.45, 7) is 3.34. The number of nitrogens with two attached hydrogens (primary N) is 2. The van der Waals surface area contributed by atoms with Gasteiger partial charge < -0.3 is 11.5 Å². The molecule has 0 heterocycles. The summed E-state index contributed by atoms with van der Waals surface area (Å²) in [6.07, 6.45) is 0. The van der Waals surface area contributed by atoms with Crippen LogP contribution >= 0.6 is 0 Å². The summed E-state index contributed by atoms with van der Waals surface area (Å²) in [4.78, 5) is 15.0. The number of hydrogen-bond donors (Lipinski definition) is 2. The molecule has 1 unspecified atom stereocenters. The summed E-state index contributed by atoms with van der Waals surface area (Å²) >= 11 is 0. The molecule has 1 aromatic rings. The minimum atomic E-state index is -3.53. The Balaban J connectivity index is 2.89. The third-order valence-electron chi connectivity index (χ3n) is 2.51. The molecule has 0 fully saturated rings. The summed E-state index contributed by atoms with van der Waals surface area (Å²) in [5.41, 5.74) is 11.1. The smallest absolute Gasteiger partial charge is 0.252 e. The lowest BCUT2D eigenvalue weighted by Crippen LogP contribution is -2.27. The second-order valence-electron chi connectivity index (χ2n) is 4.37. The number of sulfone groups is 1. The summed E-state index contributed by atoms with van der Waals surface area (Å²) in [5, 5.41) is 0. The lowest BCUT2D eigenvalue weighted by Gasteiger charge is -2.09. The van der Waals surface area contributed by atoms with Crippen LogP contribution in [0.15, 0.2) is 34.2 Å². The second-order valence-corrected chi connectivity index (χ2v) is 6.40. The molecule has 6 nitrogen and oxygen atoms in total. The zero-order valence-corrected chi connectivity index (χ0v) is 11.6. The Labute approximate surface area is 112 Å². The fourth-order valence-corrected chi connectivity index (χ4v) is 3.02. The normalized spacial score (nSPS) is 12.7. The van der Waals surface area contributed by atoms with Gasteiger partial charge in [-0.15, -0.1) is 0 Å². The van der Waals surface area contributed by atoms with Crippen LogP contribution in [-0.4, -0.2) is 26.0 Å². The fraction of sp³-hybridized carbons (Fsp3) is 0.333. The minimum Gasteiger partial charge on any atom is -0.370 e. The van der Waals surface area contributed by atoms with E-state index in [4.69, 9.17) is 11.5 Å². The number of carbonyl (C=O) groups is 1. The van der Waals surface area contributed by atoms with Gasteiger partial charge in [-0.2, -0.15) is 4.99 Å². The first-order chi connectivity index (χ1) is 8.72. The van der Waals surface area contributed by atoms with E-state index in [2.05, 4.69) is 4.99 Å². The van der Waals surface area contributed by atoms with E-state index in [0.29, 0.717) is 0 Å². The second kappa shape index (κ2) is 5.83. The van der Waals surface area contributed by atoms with Crippen LogP contribution in [0.4, 0.5) is 0 Å². The molecule has 7 heteroatoms. The number of guanidine groups is 1. The minimum absolute atomic E-state index is 0.183. The zero-order valence-electron chi connectivity index (χ0n) is 10.8. The molecular formula is C12H17N3O3S. The third-order valence-corrected chi connectivity index (χ3v) is 4.44. The zero-order chi connectivity index (χ0) is 14.6. The van der Waals surface area contributed by atoms with Crippen molar-refractivity contribution in [3.8, 4) is 0 Å². The number of aryl methyl sites for hydroxylation is 1. The van der Waals surface area contributed by atoms with E-state index in [9.17, 15) is 13.2 Å². The number of benzene rings is 1. The van der Waals surface area contributed by atoms with Crippen molar-refractivity contribution in [1.29, 1.82) is 0 Å². The van der Waals surface area contributed by atoms with Crippen LogP contribution in [-0.2, 0) is 14.6 Å². The molecule has 104 valence electrons. The first kappa shape index (κ1) is 15.2. The van der Waals surface area contributed by atoms with Crippen LogP contribution in [0.5, 0.6) is 0 Å². The number of aliphatic imine (C=N–C) groups is 1. The highest BCUT2D eigenvalue weighted by Crippen LogP contribution is 2.15. The number of nitrogens with zero attached hydrogens (tertiary/aromatic N) is 1. The van der Waals surface area contributed by atoms with Crippen LogP contribution in [0, 0.1) is 12.8 Å². The molecule has 0 saturated carbocycles. The van der Waals surface area contributed by atoms with Crippen molar-refractivity contribution in [3.63, 3.8) is 0 Å². The molecule has 1 atom stereocenters. The Morgan fingerprint density at radius 3 is 2.26 bits per heavy atom. The fourth-order valence-electron chi connectivity index (χ4n) is 1.48. The average molecular weight is 283 g/mol. The molecule has 0 bridgehead atoms. The van der Waals surface area contributed by atoms with Gasteiger partial charge in [0.1, 0.15) is 0 Å². The van der Waals surface area contributed by atoms with Gasteiger partial charge in [-0.25, -0.2) is 8.42 Å². The van der Waals surface area contributed by atoms with E-state index >= 15 is 0 Å². The lowest BCUT2D eigenvalue weighted by molar-refractivity contribution is -0.120. The van der Waals surface area contributed by atoms with Gasteiger partial charge in [0.25, 0.3) is 5.91 Å². The van der Waals surface area contributed by atoms with Crippen molar-refractivity contribution in [2.45, 2.75) is 18.7 Å². The van der Waals surface area contributed by atoms with Crippen molar-refractivity contribution in [3.05, 3.63) is 29.8 Å². The maximum absolute atomic E-state index is 12.1. The first-order valence-corrected chi connectivity index (χ1v) is 7.30. The molecule has 0 aliphatic carbocycles. The van der Waals surface area contributed by atoms with Gasteiger partial charge in [0, 0.05) is 0 Å². The van der Waals surface area contributed by atoms with E-state index in [1.54, 1.807) is 12.1 Å². The molecule has 0 aliphatic heterocycles. The van der Waals surface area contributed by atoms with E-state index in [-0.39, 0.29) is 16.6 Å². The molecule has 4 N–H and O–H groups in total. The van der Waals surface area contributed by atoms with E-state index in [1.807, 2.05) is 6.92 Å². The van der Waals surface area contributed by atoms with Gasteiger partial charge in [0.05, 0.1) is 16.6 Å². The Bertz CT molecular complexity index is 587. The van der Waals surface area contributed by atoms with Gasteiger partial charge >= 0.3 is 0 Å². The number of hydrogen-bond acceptors (Lipinski definition) is 3. The topological polar surface area (TPSA) is 116 Å². The van der Waals surface area contributed by atoms with Gasteiger partial charge in [-0.05, 0) is 19.1 Å². The van der Waals surface area contributed by atoms with Gasteiger partial charge in [0.15, 0.2) is 15.8 Å². The van der Waals surface area contributed by atoms with Crippen molar-refractivity contribution in [2.75, 3.05) is 5.75 Å². The van der Waals surface area contributed by atoms with E-state index in [0.717, 1.165) is 5.56 Å². The van der Waals surface area contributed by atoms with Crippen LogP contribution in [0.3, 0.4) is 0 Å². The predicted octanol–water partition coefficient (Wildman–Crippen LogP) is 0.205. The Hall–Kier alpha value is -1.89. The molecule has 0 aromatic heterocycles. The predicted molar refractivity (Wildman–Crippen MR) is 73.2 cm³/mol. The van der Waals surface area contributed by atoms with Crippen LogP contribution in [0.25, 0.3) is 0 Å². The molecule has 1 aromatic carbocycles. The SMILES string of the molecule is Cc1ccc(S(=O)(=O)CC(C)C(=O)N=C(N)N)cc1. The van der Waals surface area contributed by atoms with Crippen LogP contribution in [0.1, 0.15) is 12.5 Å². The van der Waals surface area contributed by atoms with Gasteiger partial charge in [0.2, 0.25) is 0 Å². The Morgan fingerprint density at radius 1 is 1.26 bits per heavy atom. The number of rotatable bonds is 4. The van der Waals surface area contributed by atoms with E-state index < -0.39 is 21.7 Å². The summed E-state index contributed by atoms with van der Waals surface area (Å²) < 4.78 is 24.2. The number of carbonyl (C=O) groups excluding carboxylic acids is 1. The van der Waals surface area contributed by atoms with Crippen molar-refractivity contribution < 1.29 is 13.2 Å². The average Bonchev–Trinajstić information content (AvgIpc) is 2.27. The standard InChI is InChI=1S/C12H17N3O3S/c1-8-3-5-10(6-4-8)19(17,18)7-9(2)11(16)15-12(13)14/h3-6,9H,7H2,1-2H3,(H4,13,14,15,16). The molecular weight excluding hydrogens is 266 g/mol. The van der Waals surface area contributed by atoms with Crippen molar-refractivity contribution >= 4 is 21.7 Å². The maximum Gasteiger partial charge on any atom is 0.252 e. The summed E-state index contributed by atoms with van der Waals surface area (Å²) in [7, 11) is -3.53. The highest BCUT2D eigenvalue weighted by molar-refractivity contribution is 7.91. The Kier molecular flexibility index (Phi) is 4.66. The van der Waals surface area contributed by atoms with Crippen LogP contribution in [0.2, 0.25) is 0 Å². The molecule has 0 aliphatic rings. The highest BCUT2D eigenvalue weighted by atomic mass is 32.2. The largest absolute Gasteiger partial charge is 0.370 e. The molecule has 0 spiro atoms. The first-order valence-electron chi connectivity index (χ1n) is 5.65. The van der Waals surface area contributed by atoms with Gasteiger partial charge in [-0.3, -0.25) is 4.79 Å². The number of amides is 1. The molecule has 1 rings (SSSR count). The van der Waals surface area contributed by atoms with Crippen molar-refractivity contribution in [1.82, 2.24) is 0 Å². The molecule has 19 heavy (non-hydrogen) atoms. The highest BCUT2D eigenvalue weighted by Gasteiger charge is 2.23. The maximum atomic E-state index is 12.1.